The minimum absolute atomic E-state index is 0.0923. The molecule has 0 aromatic heterocycles. The van der Waals surface area contributed by atoms with Crippen LogP contribution in [0.3, 0.4) is 0 Å². The van der Waals surface area contributed by atoms with Gasteiger partial charge in [-0.05, 0) is 30.3 Å². The molecule has 0 spiro atoms. The van der Waals surface area contributed by atoms with Crippen LogP contribution in [-0.2, 0) is 0 Å². The summed E-state index contributed by atoms with van der Waals surface area (Å²) in [6.45, 7) is 0. The maximum absolute atomic E-state index is 13.6. The van der Waals surface area contributed by atoms with Crippen LogP contribution in [0.2, 0.25) is 10.0 Å². The third kappa shape index (κ3) is 3.26. The molecule has 1 amide bonds. The molecule has 2 rings (SSSR count). The molecule has 0 fully saturated rings. The molecule has 0 atom stereocenters. The van der Waals surface area contributed by atoms with Gasteiger partial charge in [-0.2, -0.15) is 0 Å². The lowest BCUT2D eigenvalue weighted by molar-refractivity contribution is 0.102. The summed E-state index contributed by atoms with van der Waals surface area (Å²) in [4.78, 5) is 12.0. The lowest BCUT2D eigenvalue weighted by atomic mass is 10.2. The Hall–Kier alpha value is -1.10. The van der Waals surface area contributed by atoms with Crippen molar-refractivity contribution in [1.29, 1.82) is 0 Å². The fourth-order valence-corrected chi connectivity index (χ4v) is 2.32. The summed E-state index contributed by atoms with van der Waals surface area (Å²) in [5.74, 6) is -1.24. The van der Waals surface area contributed by atoms with E-state index in [9.17, 15) is 9.18 Å². The van der Waals surface area contributed by atoms with Crippen LogP contribution in [0.25, 0.3) is 0 Å². The van der Waals surface area contributed by atoms with E-state index in [0.717, 1.165) is 0 Å². The largest absolute Gasteiger partial charge is 0.319 e. The average molecular weight is 363 g/mol. The molecule has 98 valence electrons. The third-order valence-electron chi connectivity index (χ3n) is 2.37. The molecule has 2 aromatic rings. The van der Waals surface area contributed by atoms with E-state index in [1.807, 2.05) is 0 Å². The van der Waals surface area contributed by atoms with Gasteiger partial charge in [0.15, 0.2) is 0 Å². The Morgan fingerprint density at radius 2 is 1.79 bits per heavy atom. The molecule has 0 bridgehead atoms. The van der Waals surface area contributed by atoms with E-state index in [4.69, 9.17) is 23.2 Å². The molecule has 0 aliphatic carbocycles. The lowest BCUT2D eigenvalue weighted by Gasteiger charge is -2.09. The quantitative estimate of drug-likeness (QED) is 0.786. The van der Waals surface area contributed by atoms with E-state index < -0.39 is 11.7 Å². The van der Waals surface area contributed by atoms with Crippen molar-refractivity contribution in [3.05, 3.63) is 62.3 Å². The highest BCUT2D eigenvalue weighted by Gasteiger charge is 2.15. The van der Waals surface area contributed by atoms with Crippen LogP contribution in [0.4, 0.5) is 10.1 Å². The Morgan fingerprint density at radius 1 is 1.16 bits per heavy atom. The number of benzene rings is 2. The molecular formula is C13H7BrCl2FNO. The predicted molar refractivity (Wildman–Crippen MR) is 78.5 cm³/mol. The van der Waals surface area contributed by atoms with Crippen molar-refractivity contribution in [3.8, 4) is 0 Å². The first-order valence-corrected chi connectivity index (χ1v) is 6.74. The van der Waals surface area contributed by atoms with Gasteiger partial charge < -0.3 is 5.32 Å². The van der Waals surface area contributed by atoms with Gasteiger partial charge in [0.25, 0.3) is 5.91 Å². The number of halogens is 4. The van der Waals surface area contributed by atoms with Crippen LogP contribution < -0.4 is 5.32 Å². The molecule has 1 N–H and O–H groups in total. The molecule has 0 radical (unpaired) electrons. The Kier molecular flexibility index (Phi) is 4.45. The molecule has 0 aliphatic rings. The Labute approximate surface area is 127 Å². The summed E-state index contributed by atoms with van der Waals surface area (Å²) in [5, 5.41) is 3.08. The molecule has 6 heteroatoms. The molecule has 2 nitrogen and oxygen atoms in total. The van der Waals surface area contributed by atoms with Crippen molar-refractivity contribution in [1.82, 2.24) is 0 Å². The summed E-state index contributed by atoms with van der Waals surface area (Å²) in [7, 11) is 0. The number of para-hydroxylation sites is 1. The molecule has 0 aliphatic heterocycles. The molecule has 0 saturated carbocycles. The van der Waals surface area contributed by atoms with Crippen molar-refractivity contribution < 1.29 is 9.18 Å². The van der Waals surface area contributed by atoms with E-state index >= 15 is 0 Å². The second kappa shape index (κ2) is 5.90. The van der Waals surface area contributed by atoms with Crippen molar-refractivity contribution in [3.63, 3.8) is 0 Å². The normalized spacial score (nSPS) is 10.3. The highest BCUT2D eigenvalue weighted by atomic mass is 79.9. The number of anilines is 1. The van der Waals surface area contributed by atoms with Crippen molar-refractivity contribution in [2.75, 3.05) is 5.32 Å². The van der Waals surface area contributed by atoms with Gasteiger partial charge >= 0.3 is 0 Å². The van der Waals surface area contributed by atoms with Gasteiger partial charge in [0.1, 0.15) is 5.82 Å². The zero-order valence-electron chi connectivity index (χ0n) is 9.38. The van der Waals surface area contributed by atoms with Crippen LogP contribution in [0.15, 0.2) is 40.9 Å². The fraction of sp³-hybridized carbons (Fsp3) is 0. The highest BCUT2D eigenvalue weighted by molar-refractivity contribution is 9.10. The van der Waals surface area contributed by atoms with Gasteiger partial charge in [0, 0.05) is 4.47 Å². The van der Waals surface area contributed by atoms with Crippen molar-refractivity contribution in [2.24, 2.45) is 0 Å². The molecule has 0 saturated heterocycles. The number of hydrogen-bond donors (Lipinski definition) is 1. The van der Waals surface area contributed by atoms with Gasteiger partial charge in [-0.15, -0.1) is 0 Å². The molecule has 19 heavy (non-hydrogen) atoms. The van der Waals surface area contributed by atoms with Crippen LogP contribution in [0.1, 0.15) is 10.4 Å². The van der Waals surface area contributed by atoms with Crippen molar-refractivity contribution in [2.45, 2.75) is 0 Å². The van der Waals surface area contributed by atoms with Crippen LogP contribution in [-0.4, -0.2) is 5.91 Å². The maximum Gasteiger partial charge on any atom is 0.258 e. The monoisotopic (exact) mass is 361 g/mol. The van der Waals surface area contributed by atoms with E-state index in [1.165, 1.54) is 18.2 Å². The van der Waals surface area contributed by atoms with Gasteiger partial charge in [-0.1, -0.05) is 45.2 Å². The van der Waals surface area contributed by atoms with Gasteiger partial charge in [0.05, 0.1) is 21.3 Å². The van der Waals surface area contributed by atoms with Gasteiger partial charge in [-0.25, -0.2) is 4.39 Å². The van der Waals surface area contributed by atoms with E-state index in [2.05, 4.69) is 21.2 Å². The van der Waals surface area contributed by atoms with Gasteiger partial charge in [0.2, 0.25) is 0 Å². The molecule has 2 aromatic carbocycles. The number of amides is 1. The summed E-state index contributed by atoms with van der Waals surface area (Å²) in [6, 6.07) is 8.91. The number of carbonyl (C=O) groups excluding carboxylic acids is 1. The first-order chi connectivity index (χ1) is 8.99. The lowest BCUT2D eigenvalue weighted by Crippen LogP contribution is -2.14. The fourth-order valence-electron chi connectivity index (χ4n) is 1.47. The summed E-state index contributed by atoms with van der Waals surface area (Å²) >= 11 is 15.0. The van der Waals surface area contributed by atoms with E-state index in [1.54, 1.807) is 18.2 Å². The number of rotatable bonds is 2. The molecular weight excluding hydrogens is 356 g/mol. The van der Waals surface area contributed by atoms with E-state index in [0.29, 0.717) is 4.47 Å². The zero-order valence-corrected chi connectivity index (χ0v) is 12.5. The zero-order chi connectivity index (χ0) is 14.0. The number of hydrogen-bond acceptors (Lipinski definition) is 1. The first-order valence-electron chi connectivity index (χ1n) is 5.19. The standard InChI is InChI=1S/C13H7BrCl2FNO/c14-7-4-5-11(17)8(6-7)13(19)18-12-9(15)2-1-3-10(12)16/h1-6H,(H,18,19). The summed E-state index contributed by atoms with van der Waals surface area (Å²) in [5.41, 5.74) is 0.167. The van der Waals surface area contributed by atoms with E-state index in [-0.39, 0.29) is 21.3 Å². The van der Waals surface area contributed by atoms with Crippen molar-refractivity contribution >= 4 is 50.7 Å². The molecule has 0 unspecified atom stereocenters. The summed E-state index contributed by atoms with van der Waals surface area (Å²) < 4.78 is 14.2. The first kappa shape index (κ1) is 14.3. The Bertz CT molecular complexity index is 628. The van der Waals surface area contributed by atoms with Crippen LogP contribution >= 0.6 is 39.1 Å². The Morgan fingerprint density at radius 3 is 2.42 bits per heavy atom. The second-order valence-corrected chi connectivity index (χ2v) is 5.41. The topological polar surface area (TPSA) is 29.1 Å². The van der Waals surface area contributed by atoms with Crippen LogP contribution in [0, 0.1) is 5.82 Å². The second-order valence-electron chi connectivity index (χ2n) is 3.67. The predicted octanol–water partition coefficient (Wildman–Crippen LogP) is 5.15. The molecule has 0 heterocycles. The smallest absolute Gasteiger partial charge is 0.258 e. The number of nitrogens with one attached hydrogen (secondary N) is 1. The minimum atomic E-state index is -0.621. The SMILES string of the molecule is O=C(Nc1c(Cl)cccc1Cl)c1cc(Br)ccc1F. The minimum Gasteiger partial charge on any atom is -0.319 e. The number of carbonyl (C=O) groups is 1. The average Bonchev–Trinajstić information content (AvgIpc) is 2.37. The summed E-state index contributed by atoms with van der Waals surface area (Å²) in [6.07, 6.45) is 0. The maximum atomic E-state index is 13.6. The third-order valence-corrected chi connectivity index (χ3v) is 3.50. The van der Waals surface area contributed by atoms with Crippen LogP contribution in [0.5, 0.6) is 0 Å². The highest BCUT2D eigenvalue weighted by Crippen LogP contribution is 2.30. The Balaban J connectivity index is 2.34. The van der Waals surface area contributed by atoms with Gasteiger partial charge in [-0.3, -0.25) is 4.79 Å².